The van der Waals surface area contributed by atoms with Gasteiger partial charge in [0.2, 0.25) is 0 Å². The van der Waals surface area contributed by atoms with Gasteiger partial charge in [-0.15, -0.1) is 12.4 Å². The molecule has 0 aliphatic carbocycles. The van der Waals surface area contributed by atoms with Gasteiger partial charge in [0.15, 0.2) is 0 Å². The first kappa shape index (κ1) is 15.9. The fourth-order valence-electron chi connectivity index (χ4n) is 0.214. The van der Waals surface area contributed by atoms with Crippen LogP contribution in [0.25, 0.3) is 0 Å². The van der Waals surface area contributed by atoms with E-state index in [0.29, 0.717) is 6.42 Å². The molecule has 0 fully saturated rings. The van der Waals surface area contributed by atoms with Crippen molar-refractivity contribution in [1.82, 2.24) is 0 Å². The Morgan fingerprint density at radius 1 is 1.56 bits per heavy atom. The summed E-state index contributed by atoms with van der Waals surface area (Å²) in [6.45, 7) is 1.84. The first-order valence-corrected chi connectivity index (χ1v) is 2.32. The smallest absolute Gasteiger partial charge is 0.303 e. The van der Waals surface area contributed by atoms with Crippen LogP contribution in [0.1, 0.15) is 19.8 Å². The van der Waals surface area contributed by atoms with Gasteiger partial charge in [-0.2, -0.15) is 0 Å². The number of carboxylic acid groups (broad SMARTS) is 1. The number of halogens is 1. The van der Waals surface area contributed by atoms with E-state index >= 15 is 0 Å². The van der Waals surface area contributed by atoms with Crippen LogP contribution in [0.3, 0.4) is 0 Å². The van der Waals surface area contributed by atoms with Crippen molar-refractivity contribution in [2.24, 2.45) is 11.7 Å². The van der Waals surface area contributed by atoms with Gasteiger partial charge < -0.3 is 5.11 Å². The molecule has 0 saturated carbocycles. The molecule has 5 heteroatoms. The second-order valence-electron chi connectivity index (χ2n) is 1.14. The molecule has 58 valence electrons. The molecule has 0 aromatic heterocycles. The maximum absolute atomic E-state index is 9.60. The quantitative estimate of drug-likeness (QED) is 0.391. The fraction of sp³-hybridized carbons (Fsp3) is 0.750. The number of rotatable bonds is 2. The largest absolute Gasteiger partial charge is 0.481 e. The van der Waals surface area contributed by atoms with E-state index in [1.165, 1.54) is 0 Å². The number of nitrogens with two attached hydrogens (primary N) is 2. The Kier molecular flexibility index (Phi) is 27.6. The second kappa shape index (κ2) is 15.6. The van der Waals surface area contributed by atoms with Gasteiger partial charge in [0.25, 0.3) is 0 Å². The average molecular weight is 157 g/mol. The zero-order chi connectivity index (χ0) is 6.99. The van der Waals surface area contributed by atoms with E-state index in [1.807, 2.05) is 6.92 Å². The number of carbonyl (C=O) groups is 1. The molecule has 0 rings (SSSR count). The van der Waals surface area contributed by atoms with Gasteiger partial charge in [-0.1, -0.05) is 6.92 Å². The Labute approximate surface area is 60.6 Å². The van der Waals surface area contributed by atoms with Crippen molar-refractivity contribution in [2.75, 3.05) is 0 Å². The van der Waals surface area contributed by atoms with Gasteiger partial charge >= 0.3 is 5.97 Å². The number of hydrazine groups is 1. The van der Waals surface area contributed by atoms with Crippen LogP contribution in [-0.2, 0) is 4.79 Å². The van der Waals surface area contributed by atoms with Crippen LogP contribution in [0.15, 0.2) is 0 Å². The summed E-state index contributed by atoms with van der Waals surface area (Å²) in [5.41, 5.74) is 0. The van der Waals surface area contributed by atoms with Crippen LogP contribution in [0.2, 0.25) is 0 Å². The van der Waals surface area contributed by atoms with Crippen LogP contribution in [-0.4, -0.2) is 11.1 Å². The maximum atomic E-state index is 9.60. The molecular weight excluding hydrogens is 144 g/mol. The van der Waals surface area contributed by atoms with Crippen molar-refractivity contribution in [3.05, 3.63) is 0 Å². The number of hydrogen-bond acceptors (Lipinski definition) is 3. The Morgan fingerprint density at radius 3 is 1.89 bits per heavy atom. The average Bonchev–Trinajstić information content (AvgIpc) is 1.72. The van der Waals surface area contributed by atoms with Crippen molar-refractivity contribution >= 4 is 18.4 Å². The Balaban J connectivity index is -0.000000109. The highest BCUT2D eigenvalue weighted by Crippen LogP contribution is 1.82. The van der Waals surface area contributed by atoms with E-state index in [4.69, 9.17) is 5.11 Å². The lowest BCUT2D eigenvalue weighted by Crippen LogP contribution is -2.02. The summed E-state index contributed by atoms with van der Waals surface area (Å²) in [4.78, 5) is 9.60. The predicted octanol–water partition coefficient (Wildman–Crippen LogP) is 0.112. The Bertz CT molecular complexity index is 60.5. The van der Waals surface area contributed by atoms with Crippen molar-refractivity contribution < 1.29 is 9.90 Å². The van der Waals surface area contributed by atoms with Crippen molar-refractivity contribution in [1.29, 1.82) is 0 Å². The van der Waals surface area contributed by atoms with Gasteiger partial charge in [-0.25, -0.2) is 0 Å². The van der Waals surface area contributed by atoms with Gasteiger partial charge in [-0.05, 0) is 6.42 Å². The Morgan fingerprint density at radius 2 is 1.89 bits per heavy atom. The van der Waals surface area contributed by atoms with E-state index in [2.05, 4.69) is 11.7 Å². The van der Waals surface area contributed by atoms with E-state index < -0.39 is 5.97 Å². The lowest BCUT2D eigenvalue weighted by atomic mass is 10.4. The third-order valence-corrected chi connectivity index (χ3v) is 0.464. The second-order valence-corrected chi connectivity index (χ2v) is 1.14. The van der Waals surface area contributed by atoms with E-state index in [0.717, 1.165) is 6.42 Å². The first-order valence-electron chi connectivity index (χ1n) is 2.32. The molecule has 0 saturated heterocycles. The van der Waals surface area contributed by atoms with Crippen LogP contribution in [0, 0.1) is 0 Å². The molecule has 0 spiro atoms. The summed E-state index contributed by atoms with van der Waals surface area (Å²) >= 11 is 0. The highest BCUT2D eigenvalue weighted by Gasteiger charge is 1.87. The summed E-state index contributed by atoms with van der Waals surface area (Å²) in [7, 11) is 0. The normalized spacial score (nSPS) is 6.11. The molecule has 0 aromatic carbocycles. The molecule has 0 aliphatic rings. The highest BCUT2D eigenvalue weighted by molar-refractivity contribution is 5.85. The lowest BCUT2D eigenvalue weighted by Gasteiger charge is -1.79. The summed E-state index contributed by atoms with van der Waals surface area (Å²) in [5, 5.41) is 7.91. The molecule has 9 heavy (non-hydrogen) atoms. The molecule has 0 aromatic rings. The summed E-state index contributed by atoms with van der Waals surface area (Å²) < 4.78 is 0. The summed E-state index contributed by atoms with van der Waals surface area (Å²) in [5.74, 6) is 7.29. The number of carboxylic acids is 1. The van der Waals surface area contributed by atoms with E-state index in [-0.39, 0.29) is 12.4 Å². The van der Waals surface area contributed by atoms with Gasteiger partial charge in [0.05, 0.1) is 0 Å². The molecule has 0 bridgehead atoms. The predicted molar refractivity (Wildman–Crippen MR) is 38.2 cm³/mol. The molecule has 0 unspecified atom stereocenters. The van der Waals surface area contributed by atoms with Crippen molar-refractivity contribution in [3.8, 4) is 0 Å². The Hall–Kier alpha value is -0.320. The zero-order valence-corrected chi connectivity index (χ0v) is 6.15. The minimum Gasteiger partial charge on any atom is -0.481 e. The van der Waals surface area contributed by atoms with Gasteiger partial charge in [-0.3, -0.25) is 16.5 Å². The molecule has 0 heterocycles. The molecule has 0 aliphatic heterocycles. The minimum atomic E-state index is -0.711. The SMILES string of the molecule is CCCC(=O)O.Cl.NN. The molecule has 0 amide bonds. The molecule has 0 radical (unpaired) electrons. The minimum absolute atomic E-state index is 0. The van der Waals surface area contributed by atoms with Crippen LogP contribution >= 0.6 is 12.4 Å². The van der Waals surface area contributed by atoms with Crippen molar-refractivity contribution in [3.63, 3.8) is 0 Å². The van der Waals surface area contributed by atoms with Crippen LogP contribution < -0.4 is 11.7 Å². The van der Waals surface area contributed by atoms with Crippen molar-refractivity contribution in [2.45, 2.75) is 19.8 Å². The van der Waals surface area contributed by atoms with Gasteiger partial charge in [0.1, 0.15) is 0 Å². The highest BCUT2D eigenvalue weighted by atomic mass is 35.5. The number of hydrogen-bond donors (Lipinski definition) is 3. The topological polar surface area (TPSA) is 89.3 Å². The molecule has 4 nitrogen and oxygen atoms in total. The molecule has 5 N–H and O–H groups in total. The maximum Gasteiger partial charge on any atom is 0.303 e. The standard InChI is InChI=1S/C4H8O2.ClH.H4N2/c1-2-3-4(5)6;;1-2/h2-3H2,1H3,(H,5,6);1H;1-2H2. The zero-order valence-electron chi connectivity index (χ0n) is 5.33. The molecule has 0 atom stereocenters. The molecular formula is C4H13ClN2O2. The van der Waals surface area contributed by atoms with Gasteiger partial charge in [0, 0.05) is 6.42 Å². The third kappa shape index (κ3) is 34.5. The summed E-state index contributed by atoms with van der Waals surface area (Å²) in [6.07, 6.45) is 1.02. The van der Waals surface area contributed by atoms with E-state index in [9.17, 15) is 4.79 Å². The van der Waals surface area contributed by atoms with Crippen LogP contribution in [0.4, 0.5) is 0 Å². The van der Waals surface area contributed by atoms with Crippen LogP contribution in [0.5, 0.6) is 0 Å². The summed E-state index contributed by atoms with van der Waals surface area (Å²) in [6, 6.07) is 0. The number of aliphatic carboxylic acids is 1. The van der Waals surface area contributed by atoms with E-state index in [1.54, 1.807) is 0 Å². The fourth-order valence-corrected chi connectivity index (χ4v) is 0.214. The monoisotopic (exact) mass is 156 g/mol. The lowest BCUT2D eigenvalue weighted by molar-refractivity contribution is -0.137. The first-order chi connectivity index (χ1) is 3.77. The third-order valence-electron chi connectivity index (χ3n) is 0.464.